The first kappa shape index (κ1) is 16.1. The smallest absolute Gasteiger partial charge is 0.224 e. The number of rotatable bonds is 7. The third-order valence-corrected chi connectivity index (χ3v) is 3.89. The van der Waals surface area contributed by atoms with E-state index in [1.807, 2.05) is 24.3 Å². The van der Waals surface area contributed by atoms with E-state index < -0.39 is 0 Å². The predicted molar refractivity (Wildman–Crippen MR) is 91.1 cm³/mol. The lowest BCUT2D eigenvalue weighted by molar-refractivity contribution is -0.122. The highest BCUT2D eigenvalue weighted by atomic mass is 16.2. The Morgan fingerprint density at radius 3 is 2.42 bits per heavy atom. The number of amides is 2. The summed E-state index contributed by atoms with van der Waals surface area (Å²) in [5, 5.41) is 5.72. The van der Waals surface area contributed by atoms with Crippen LogP contribution in [0.4, 0.5) is 5.69 Å². The van der Waals surface area contributed by atoms with E-state index in [0.29, 0.717) is 19.4 Å². The molecule has 0 unspecified atom stereocenters. The minimum Gasteiger partial charge on any atom is -0.356 e. The first-order valence-corrected chi connectivity index (χ1v) is 8.15. The van der Waals surface area contributed by atoms with E-state index in [9.17, 15) is 9.59 Å². The van der Waals surface area contributed by atoms with Crippen LogP contribution < -0.4 is 10.6 Å². The first-order chi connectivity index (χ1) is 11.7. The largest absolute Gasteiger partial charge is 0.356 e. The number of benzene rings is 1. The third-order valence-electron chi connectivity index (χ3n) is 3.89. The molecule has 1 aromatic heterocycles. The van der Waals surface area contributed by atoms with E-state index in [2.05, 4.69) is 20.6 Å². The van der Waals surface area contributed by atoms with Crippen LogP contribution in [0.5, 0.6) is 0 Å². The van der Waals surface area contributed by atoms with Gasteiger partial charge >= 0.3 is 0 Å². The Morgan fingerprint density at radius 1 is 1.04 bits per heavy atom. The van der Waals surface area contributed by atoms with Crippen molar-refractivity contribution in [2.24, 2.45) is 5.92 Å². The average molecular weight is 324 g/mol. The molecule has 3 rings (SSSR count). The fourth-order valence-corrected chi connectivity index (χ4v) is 2.37. The predicted octanol–water partition coefficient (Wildman–Crippen LogP) is 2.39. The van der Waals surface area contributed by atoms with E-state index in [4.69, 9.17) is 0 Å². The molecule has 124 valence electrons. The second-order valence-corrected chi connectivity index (χ2v) is 5.92. The summed E-state index contributed by atoms with van der Waals surface area (Å²) < 4.78 is 0. The lowest BCUT2D eigenvalue weighted by atomic mass is 10.1. The molecule has 0 radical (unpaired) electrons. The van der Waals surface area contributed by atoms with Crippen LogP contribution in [0.25, 0.3) is 11.1 Å². The maximum Gasteiger partial charge on any atom is 0.224 e. The van der Waals surface area contributed by atoms with Crippen LogP contribution >= 0.6 is 0 Å². The van der Waals surface area contributed by atoms with Gasteiger partial charge in [-0.3, -0.25) is 9.59 Å². The summed E-state index contributed by atoms with van der Waals surface area (Å²) in [6.45, 7) is 0.551. The zero-order chi connectivity index (χ0) is 16.8. The molecule has 2 aromatic rings. The Bertz CT molecular complexity index is 697. The van der Waals surface area contributed by atoms with E-state index >= 15 is 0 Å². The fourth-order valence-electron chi connectivity index (χ4n) is 2.37. The number of hydrogen-bond donors (Lipinski definition) is 2. The van der Waals surface area contributed by atoms with Gasteiger partial charge in [-0.1, -0.05) is 12.1 Å². The zero-order valence-electron chi connectivity index (χ0n) is 13.4. The summed E-state index contributed by atoms with van der Waals surface area (Å²) in [6, 6.07) is 7.55. The van der Waals surface area contributed by atoms with Crippen molar-refractivity contribution in [3.8, 4) is 11.1 Å². The number of nitrogens with one attached hydrogen (secondary N) is 2. The standard InChI is InChI=1S/C18H20N4O2/c23-17(2-1-9-21-18(24)14-3-4-14)22-16-7-5-13(6-8-16)15-10-19-12-20-11-15/h5-8,10-12,14H,1-4,9H2,(H,21,24)(H,22,23). The van der Waals surface area contributed by atoms with Crippen molar-refractivity contribution in [2.75, 3.05) is 11.9 Å². The number of carbonyl (C=O) groups excluding carboxylic acids is 2. The van der Waals surface area contributed by atoms with Crippen molar-refractivity contribution in [2.45, 2.75) is 25.7 Å². The van der Waals surface area contributed by atoms with Crippen LogP contribution in [0.3, 0.4) is 0 Å². The highest BCUT2D eigenvalue weighted by Crippen LogP contribution is 2.28. The summed E-state index contributed by atoms with van der Waals surface area (Å²) in [5.41, 5.74) is 2.68. The van der Waals surface area contributed by atoms with Gasteiger partial charge in [0.15, 0.2) is 0 Å². The minimum atomic E-state index is -0.0496. The highest BCUT2D eigenvalue weighted by molar-refractivity contribution is 5.91. The molecule has 2 amide bonds. The molecule has 1 saturated carbocycles. The third kappa shape index (κ3) is 4.62. The number of aromatic nitrogens is 2. The molecule has 6 nitrogen and oxygen atoms in total. The normalized spacial score (nSPS) is 13.3. The number of hydrogen-bond acceptors (Lipinski definition) is 4. The van der Waals surface area contributed by atoms with Crippen molar-refractivity contribution >= 4 is 17.5 Å². The van der Waals surface area contributed by atoms with Gasteiger partial charge in [-0.15, -0.1) is 0 Å². The molecular weight excluding hydrogens is 304 g/mol. The van der Waals surface area contributed by atoms with Crippen molar-refractivity contribution < 1.29 is 9.59 Å². The molecule has 1 aromatic carbocycles. The van der Waals surface area contributed by atoms with Gasteiger partial charge in [0.05, 0.1) is 0 Å². The SMILES string of the molecule is O=C(CCCNC(=O)C1CC1)Nc1ccc(-c2cncnc2)cc1. The fraction of sp³-hybridized carbons (Fsp3) is 0.333. The maximum atomic E-state index is 11.9. The molecule has 0 spiro atoms. The molecule has 0 bridgehead atoms. The Kier molecular flexibility index (Phi) is 5.15. The molecule has 24 heavy (non-hydrogen) atoms. The molecule has 0 atom stereocenters. The van der Waals surface area contributed by atoms with Gasteiger partial charge in [0.2, 0.25) is 11.8 Å². The minimum absolute atomic E-state index is 0.0496. The number of anilines is 1. The van der Waals surface area contributed by atoms with Gasteiger partial charge in [-0.2, -0.15) is 0 Å². The molecule has 1 aliphatic rings. The van der Waals surface area contributed by atoms with Gasteiger partial charge in [-0.05, 0) is 37.0 Å². The molecule has 6 heteroatoms. The van der Waals surface area contributed by atoms with Crippen LogP contribution in [-0.4, -0.2) is 28.3 Å². The molecular formula is C18H20N4O2. The summed E-state index contributed by atoms with van der Waals surface area (Å²) in [7, 11) is 0. The lowest BCUT2D eigenvalue weighted by Crippen LogP contribution is -2.26. The molecule has 1 fully saturated rings. The Labute approximate surface area is 140 Å². The highest BCUT2D eigenvalue weighted by Gasteiger charge is 2.28. The molecule has 1 heterocycles. The van der Waals surface area contributed by atoms with E-state index in [0.717, 1.165) is 29.7 Å². The summed E-state index contributed by atoms with van der Waals surface area (Å²) >= 11 is 0. The Balaban J connectivity index is 1.42. The van der Waals surface area contributed by atoms with E-state index in [1.54, 1.807) is 12.4 Å². The summed E-state index contributed by atoms with van der Waals surface area (Å²) in [6.07, 6.45) is 8.01. The number of nitrogens with zero attached hydrogens (tertiary/aromatic N) is 2. The van der Waals surface area contributed by atoms with Gasteiger partial charge in [0.25, 0.3) is 0 Å². The van der Waals surface area contributed by atoms with Crippen LogP contribution in [0.15, 0.2) is 43.0 Å². The van der Waals surface area contributed by atoms with Crippen molar-refractivity contribution in [3.63, 3.8) is 0 Å². The van der Waals surface area contributed by atoms with Gasteiger partial charge < -0.3 is 10.6 Å². The second-order valence-electron chi connectivity index (χ2n) is 5.92. The van der Waals surface area contributed by atoms with Gasteiger partial charge in [-0.25, -0.2) is 9.97 Å². The van der Waals surface area contributed by atoms with E-state index in [-0.39, 0.29) is 17.7 Å². The van der Waals surface area contributed by atoms with Gasteiger partial charge in [0.1, 0.15) is 6.33 Å². The molecule has 1 aliphatic carbocycles. The Morgan fingerprint density at radius 2 is 1.75 bits per heavy atom. The second kappa shape index (κ2) is 7.68. The molecule has 0 saturated heterocycles. The van der Waals surface area contributed by atoms with Gasteiger partial charge in [0, 0.05) is 42.5 Å². The van der Waals surface area contributed by atoms with Crippen LogP contribution in [0.2, 0.25) is 0 Å². The zero-order valence-corrected chi connectivity index (χ0v) is 13.4. The summed E-state index contributed by atoms with van der Waals surface area (Å²) in [5.74, 6) is 0.287. The van der Waals surface area contributed by atoms with Crippen molar-refractivity contribution in [3.05, 3.63) is 43.0 Å². The first-order valence-electron chi connectivity index (χ1n) is 8.15. The quantitative estimate of drug-likeness (QED) is 0.766. The van der Waals surface area contributed by atoms with Crippen LogP contribution in [-0.2, 0) is 9.59 Å². The molecule has 0 aliphatic heterocycles. The topological polar surface area (TPSA) is 84.0 Å². The monoisotopic (exact) mass is 324 g/mol. The average Bonchev–Trinajstić information content (AvgIpc) is 3.45. The number of carbonyl (C=O) groups is 2. The molecule has 2 N–H and O–H groups in total. The summed E-state index contributed by atoms with van der Waals surface area (Å²) in [4.78, 5) is 31.4. The van der Waals surface area contributed by atoms with Crippen LogP contribution in [0, 0.1) is 5.92 Å². The van der Waals surface area contributed by atoms with Crippen molar-refractivity contribution in [1.82, 2.24) is 15.3 Å². The lowest BCUT2D eigenvalue weighted by Gasteiger charge is -2.07. The Hall–Kier alpha value is -2.76. The van der Waals surface area contributed by atoms with Crippen molar-refractivity contribution in [1.29, 1.82) is 0 Å². The van der Waals surface area contributed by atoms with E-state index in [1.165, 1.54) is 6.33 Å². The van der Waals surface area contributed by atoms with Crippen LogP contribution in [0.1, 0.15) is 25.7 Å². The maximum absolute atomic E-state index is 11.9.